The van der Waals surface area contributed by atoms with Gasteiger partial charge >= 0.3 is 0 Å². The van der Waals surface area contributed by atoms with Crippen molar-refractivity contribution in [3.05, 3.63) is 12.5 Å². The van der Waals surface area contributed by atoms with E-state index < -0.39 is 10.0 Å². The molecule has 1 atom stereocenters. The second-order valence-corrected chi connectivity index (χ2v) is 9.00. The van der Waals surface area contributed by atoms with Crippen molar-refractivity contribution in [2.75, 3.05) is 40.0 Å². The number of carbonyl (C=O) groups excluding carboxylic acids is 1. The van der Waals surface area contributed by atoms with E-state index in [0.29, 0.717) is 26.2 Å². The van der Waals surface area contributed by atoms with E-state index in [1.54, 1.807) is 11.6 Å². The third-order valence-corrected chi connectivity index (χ3v) is 6.93. The van der Waals surface area contributed by atoms with Gasteiger partial charge in [-0.15, -0.1) is 0 Å². The third-order valence-electron chi connectivity index (χ3n) is 5.18. The highest BCUT2D eigenvalue weighted by Gasteiger charge is 2.38. The Balaban J connectivity index is 1.80. The largest absolute Gasteiger partial charge is 0.381 e. The molecule has 1 aromatic heterocycles. The predicted octanol–water partition coefficient (Wildman–Crippen LogP) is 0.227. The molecule has 3 heterocycles. The molecule has 3 rings (SSSR count). The van der Waals surface area contributed by atoms with Gasteiger partial charge < -0.3 is 18.9 Å². The van der Waals surface area contributed by atoms with Gasteiger partial charge in [-0.1, -0.05) is 0 Å². The maximum absolute atomic E-state index is 12.9. The Morgan fingerprint density at radius 2 is 2.07 bits per heavy atom. The van der Waals surface area contributed by atoms with Crippen LogP contribution in [0.25, 0.3) is 0 Å². The summed E-state index contributed by atoms with van der Waals surface area (Å²) < 4.78 is 39.4. The first-order valence-electron chi connectivity index (χ1n) is 9.29. The van der Waals surface area contributed by atoms with Gasteiger partial charge in [0, 0.05) is 58.7 Å². The molecule has 1 aromatic rings. The van der Waals surface area contributed by atoms with Crippen LogP contribution >= 0.6 is 0 Å². The fourth-order valence-corrected chi connectivity index (χ4v) is 5.37. The molecule has 0 bridgehead atoms. The molecule has 9 nitrogen and oxygen atoms in total. The molecule has 10 heteroatoms. The minimum Gasteiger partial charge on any atom is -0.381 e. The van der Waals surface area contributed by atoms with Crippen molar-refractivity contribution in [3.63, 3.8) is 0 Å². The van der Waals surface area contributed by atoms with Gasteiger partial charge in [0.05, 0.1) is 6.33 Å². The van der Waals surface area contributed by atoms with Gasteiger partial charge in [0.2, 0.25) is 5.91 Å². The smallest absolute Gasteiger partial charge is 0.262 e. The Morgan fingerprint density at radius 1 is 1.33 bits per heavy atom. The summed E-state index contributed by atoms with van der Waals surface area (Å²) in [5.41, 5.74) is 0. The fraction of sp³-hybridized carbons (Fsp3) is 0.765. The highest BCUT2D eigenvalue weighted by atomic mass is 32.2. The lowest BCUT2D eigenvalue weighted by Gasteiger charge is -2.43. The molecule has 1 amide bonds. The number of aryl methyl sites for hydroxylation is 1. The number of ether oxygens (including phenoxy) is 2. The lowest BCUT2D eigenvalue weighted by molar-refractivity contribution is -0.143. The molecule has 2 fully saturated rings. The lowest BCUT2D eigenvalue weighted by Crippen LogP contribution is -2.56. The lowest BCUT2D eigenvalue weighted by atomic mass is 9.99. The van der Waals surface area contributed by atoms with Gasteiger partial charge in [0.1, 0.15) is 6.61 Å². The maximum Gasteiger partial charge on any atom is 0.262 e. The maximum atomic E-state index is 12.9. The van der Waals surface area contributed by atoms with Crippen LogP contribution in [0.5, 0.6) is 0 Å². The van der Waals surface area contributed by atoms with Crippen molar-refractivity contribution in [1.29, 1.82) is 0 Å². The zero-order valence-corrected chi connectivity index (χ0v) is 16.7. The molecule has 0 aromatic carbocycles. The summed E-state index contributed by atoms with van der Waals surface area (Å²) in [6, 6.07) is -0.105. The van der Waals surface area contributed by atoms with E-state index in [4.69, 9.17) is 9.47 Å². The summed E-state index contributed by atoms with van der Waals surface area (Å²) in [5.74, 6) is -0.0912. The molecule has 152 valence electrons. The molecule has 2 aliphatic rings. The number of hydrogen-bond acceptors (Lipinski definition) is 6. The van der Waals surface area contributed by atoms with Crippen molar-refractivity contribution in [2.45, 2.75) is 42.8 Å². The minimum atomic E-state index is -3.67. The zero-order chi connectivity index (χ0) is 19.4. The van der Waals surface area contributed by atoms with Crippen LogP contribution < -0.4 is 0 Å². The topological polar surface area (TPSA) is 94.0 Å². The van der Waals surface area contributed by atoms with E-state index in [0.717, 1.165) is 19.3 Å². The van der Waals surface area contributed by atoms with Crippen molar-refractivity contribution < 1.29 is 22.7 Å². The van der Waals surface area contributed by atoms with E-state index in [1.807, 2.05) is 4.90 Å². The van der Waals surface area contributed by atoms with Gasteiger partial charge in [-0.3, -0.25) is 4.79 Å². The molecule has 27 heavy (non-hydrogen) atoms. The van der Waals surface area contributed by atoms with Crippen molar-refractivity contribution in [2.24, 2.45) is 7.05 Å². The third kappa shape index (κ3) is 4.50. The quantitative estimate of drug-likeness (QED) is 0.678. The molecule has 0 radical (unpaired) electrons. The number of aromatic nitrogens is 2. The van der Waals surface area contributed by atoms with Gasteiger partial charge in [-0.2, -0.15) is 4.31 Å². The standard InChI is InChI=1S/C17H28N4O5S/c1-19-11-16(18-13-19)27(23,24)20-7-3-4-15(10-20)21(17(22)12-25-2)14-5-8-26-9-6-14/h11,13-15H,3-10,12H2,1-2H3. The summed E-state index contributed by atoms with van der Waals surface area (Å²) in [6.45, 7) is 1.95. The first-order chi connectivity index (χ1) is 12.9. The highest BCUT2D eigenvalue weighted by Crippen LogP contribution is 2.26. The van der Waals surface area contributed by atoms with Gasteiger partial charge in [0.15, 0.2) is 5.03 Å². The molecule has 2 aliphatic heterocycles. The number of amides is 1. The summed E-state index contributed by atoms with van der Waals surface area (Å²) in [5, 5.41) is 0.0477. The Morgan fingerprint density at radius 3 is 2.70 bits per heavy atom. The average Bonchev–Trinajstić information content (AvgIpc) is 3.11. The first-order valence-corrected chi connectivity index (χ1v) is 10.7. The molecular weight excluding hydrogens is 372 g/mol. The average molecular weight is 401 g/mol. The summed E-state index contributed by atoms with van der Waals surface area (Å²) >= 11 is 0. The number of hydrogen-bond donors (Lipinski definition) is 0. The van der Waals surface area contributed by atoms with E-state index in [1.165, 1.54) is 23.9 Å². The van der Waals surface area contributed by atoms with Gasteiger partial charge in [-0.25, -0.2) is 13.4 Å². The van der Waals surface area contributed by atoms with E-state index >= 15 is 0 Å². The fourth-order valence-electron chi connectivity index (χ4n) is 3.89. The zero-order valence-electron chi connectivity index (χ0n) is 15.9. The molecular formula is C17H28N4O5S. The summed E-state index contributed by atoms with van der Waals surface area (Å²) in [6.07, 6.45) is 5.99. The van der Waals surface area contributed by atoms with Crippen LogP contribution in [0, 0.1) is 0 Å². The normalized spacial score (nSPS) is 22.7. The minimum absolute atomic E-state index is 0.000841. The second kappa shape index (κ2) is 8.68. The molecule has 1 unspecified atom stereocenters. The van der Waals surface area contributed by atoms with E-state index in [-0.39, 0.29) is 36.2 Å². The molecule has 0 N–H and O–H groups in total. The van der Waals surface area contributed by atoms with Crippen molar-refractivity contribution in [1.82, 2.24) is 18.8 Å². The van der Waals surface area contributed by atoms with E-state index in [2.05, 4.69) is 4.98 Å². The van der Waals surface area contributed by atoms with Crippen LogP contribution in [-0.2, 0) is 31.3 Å². The van der Waals surface area contributed by atoms with E-state index in [9.17, 15) is 13.2 Å². The van der Waals surface area contributed by atoms with Crippen LogP contribution in [0.2, 0.25) is 0 Å². The number of imidazole rings is 1. The number of carbonyl (C=O) groups is 1. The number of methoxy groups -OCH3 is 1. The van der Waals surface area contributed by atoms with Gasteiger partial charge in [-0.05, 0) is 25.7 Å². The van der Waals surface area contributed by atoms with Crippen LogP contribution in [-0.4, -0.2) is 85.2 Å². The van der Waals surface area contributed by atoms with Crippen LogP contribution in [0.1, 0.15) is 25.7 Å². The second-order valence-electron chi connectivity index (χ2n) is 7.11. The summed E-state index contributed by atoms with van der Waals surface area (Å²) in [4.78, 5) is 18.6. The summed E-state index contributed by atoms with van der Waals surface area (Å²) in [7, 11) is -0.433. The Hall–Kier alpha value is -1.49. The van der Waals surface area contributed by atoms with Crippen LogP contribution in [0.3, 0.4) is 0 Å². The Bertz CT molecular complexity index is 744. The number of sulfonamides is 1. The molecule has 2 saturated heterocycles. The highest BCUT2D eigenvalue weighted by molar-refractivity contribution is 7.89. The molecule has 0 aliphatic carbocycles. The van der Waals surface area contributed by atoms with Crippen LogP contribution in [0.4, 0.5) is 0 Å². The number of nitrogens with zero attached hydrogens (tertiary/aromatic N) is 4. The molecule has 0 spiro atoms. The van der Waals surface area contributed by atoms with Crippen molar-refractivity contribution in [3.8, 4) is 0 Å². The monoisotopic (exact) mass is 400 g/mol. The Labute approximate surface area is 160 Å². The SMILES string of the molecule is COCC(=O)N(C1CCOCC1)C1CCCN(S(=O)(=O)c2cn(C)cn2)C1. The van der Waals surface area contributed by atoms with Crippen LogP contribution in [0.15, 0.2) is 17.6 Å². The predicted molar refractivity (Wildman–Crippen MR) is 97.6 cm³/mol. The van der Waals surface area contributed by atoms with Gasteiger partial charge in [0.25, 0.3) is 10.0 Å². The number of rotatable bonds is 6. The molecule has 0 saturated carbocycles. The van der Waals surface area contributed by atoms with Crippen molar-refractivity contribution >= 4 is 15.9 Å². The first kappa shape index (κ1) is 20.2. The Kier molecular flexibility index (Phi) is 6.51. The number of piperidine rings is 1.